The molecule has 6 aromatic rings. The number of sulfonamides is 2. The fraction of sp³-hybridized carbons (Fsp3) is 0.179. The van der Waals surface area contributed by atoms with Gasteiger partial charge in [0.25, 0.3) is 16.0 Å². The molecule has 3 aromatic heterocycles. The smallest absolute Gasteiger partial charge is 0.277 e. The van der Waals surface area contributed by atoms with Crippen LogP contribution in [-0.2, 0) is 33.6 Å². The Morgan fingerprint density at radius 2 is 1.61 bits per heavy atom. The van der Waals surface area contributed by atoms with Crippen molar-refractivity contribution >= 4 is 37.0 Å². The van der Waals surface area contributed by atoms with Crippen molar-refractivity contribution in [2.75, 3.05) is 11.8 Å². The fourth-order valence-electron chi connectivity index (χ4n) is 4.46. The van der Waals surface area contributed by atoms with Crippen molar-refractivity contribution in [3.05, 3.63) is 89.7 Å². The van der Waals surface area contributed by atoms with Crippen molar-refractivity contribution in [2.45, 2.75) is 30.2 Å². The van der Waals surface area contributed by atoms with Crippen LogP contribution in [0.5, 0.6) is 0 Å². The molecule has 0 radical (unpaired) electrons. The van der Waals surface area contributed by atoms with Gasteiger partial charge in [0, 0.05) is 12.4 Å². The molecule has 0 atom stereocenters. The van der Waals surface area contributed by atoms with Gasteiger partial charge >= 0.3 is 0 Å². The highest BCUT2D eigenvalue weighted by atomic mass is 32.2. The number of hydrogen-bond acceptors (Lipinski definition) is 10. The molecule has 0 saturated carbocycles. The molecule has 226 valence electrons. The molecule has 6 rings (SSSR count). The molecule has 0 aliphatic rings. The Morgan fingerprint density at radius 3 is 2.30 bits per heavy atom. The lowest BCUT2D eigenvalue weighted by atomic mass is 10.1. The van der Waals surface area contributed by atoms with E-state index < -0.39 is 20.0 Å². The van der Waals surface area contributed by atoms with Gasteiger partial charge in [-0.25, -0.2) is 31.2 Å². The van der Waals surface area contributed by atoms with Crippen molar-refractivity contribution in [3.8, 4) is 17.3 Å². The summed E-state index contributed by atoms with van der Waals surface area (Å²) in [6, 6.07) is 20.1. The zero-order chi connectivity index (χ0) is 31.2. The first-order valence-electron chi connectivity index (χ1n) is 13.3. The lowest BCUT2D eigenvalue weighted by Gasteiger charge is -2.18. The first kappa shape index (κ1) is 29.2. The summed E-state index contributed by atoms with van der Waals surface area (Å²) in [5, 5.41) is 16.6. The molecule has 0 aliphatic carbocycles. The molecule has 0 saturated heterocycles. The van der Waals surface area contributed by atoms with Crippen molar-refractivity contribution < 1.29 is 21.3 Å². The SMILES string of the molecule is Cc1ccc(S(=O)(=O)N(C)Cc2nc(-c3cc4ccccc4o3)nn2-c2ccc(S(=O)(=O)Nc3nnn(C)n3)cc2)cc1C. The van der Waals surface area contributed by atoms with Crippen LogP contribution >= 0.6 is 0 Å². The van der Waals surface area contributed by atoms with Gasteiger partial charge in [0.05, 0.1) is 29.1 Å². The maximum absolute atomic E-state index is 13.5. The molecule has 0 amide bonds. The second-order valence-corrected chi connectivity index (χ2v) is 13.8. The van der Waals surface area contributed by atoms with E-state index in [4.69, 9.17) is 4.42 Å². The van der Waals surface area contributed by atoms with Crippen LogP contribution in [0.1, 0.15) is 17.0 Å². The third kappa shape index (κ3) is 5.57. The van der Waals surface area contributed by atoms with Gasteiger partial charge in [-0.1, -0.05) is 29.4 Å². The van der Waals surface area contributed by atoms with Gasteiger partial charge in [-0.05, 0) is 78.7 Å². The Kier molecular flexibility index (Phi) is 7.27. The van der Waals surface area contributed by atoms with Crippen LogP contribution in [0.3, 0.4) is 0 Å². The number of aromatic nitrogens is 7. The molecule has 16 heteroatoms. The van der Waals surface area contributed by atoms with Gasteiger partial charge < -0.3 is 4.42 Å². The Balaban J connectivity index is 1.37. The molecule has 0 unspecified atom stereocenters. The predicted molar refractivity (Wildman–Crippen MR) is 161 cm³/mol. The summed E-state index contributed by atoms with van der Waals surface area (Å²) in [6.45, 7) is 3.63. The number of anilines is 1. The van der Waals surface area contributed by atoms with Crippen LogP contribution in [-0.4, -0.2) is 63.2 Å². The zero-order valence-electron chi connectivity index (χ0n) is 24.1. The molecule has 3 heterocycles. The number of benzene rings is 3. The second kappa shape index (κ2) is 11.0. The highest BCUT2D eigenvalue weighted by Crippen LogP contribution is 2.28. The third-order valence-electron chi connectivity index (χ3n) is 7.00. The molecule has 14 nitrogen and oxygen atoms in total. The number of fused-ring (bicyclic) bond motifs is 1. The monoisotopic (exact) mass is 633 g/mol. The molecule has 0 fully saturated rings. The van der Waals surface area contributed by atoms with E-state index in [1.165, 1.54) is 47.3 Å². The Morgan fingerprint density at radius 1 is 0.886 bits per heavy atom. The maximum atomic E-state index is 13.5. The van der Waals surface area contributed by atoms with Crippen molar-refractivity contribution in [1.82, 2.24) is 39.3 Å². The summed E-state index contributed by atoms with van der Waals surface area (Å²) >= 11 is 0. The average Bonchev–Trinajstić information content (AvgIpc) is 3.72. The summed E-state index contributed by atoms with van der Waals surface area (Å²) in [7, 11) is -4.92. The van der Waals surface area contributed by atoms with Crippen LogP contribution in [0.25, 0.3) is 28.2 Å². The van der Waals surface area contributed by atoms with E-state index in [1.807, 2.05) is 38.1 Å². The fourth-order valence-corrected chi connectivity index (χ4v) is 6.60. The Labute approximate surface area is 253 Å². The van der Waals surface area contributed by atoms with E-state index in [0.29, 0.717) is 17.0 Å². The largest absolute Gasteiger partial charge is 0.453 e. The summed E-state index contributed by atoms with van der Waals surface area (Å²) < 4.78 is 63.7. The van der Waals surface area contributed by atoms with Gasteiger partial charge in [0.2, 0.25) is 15.8 Å². The minimum absolute atomic E-state index is 0.0534. The second-order valence-electron chi connectivity index (χ2n) is 10.1. The number of hydrogen-bond donors (Lipinski definition) is 1. The van der Waals surface area contributed by atoms with Gasteiger partial charge in [0.1, 0.15) is 11.4 Å². The third-order valence-corrected chi connectivity index (χ3v) is 10.1. The maximum Gasteiger partial charge on any atom is 0.277 e. The predicted octanol–water partition coefficient (Wildman–Crippen LogP) is 3.44. The van der Waals surface area contributed by atoms with E-state index >= 15 is 0 Å². The van der Waals surface area contributed by atoms with E-state index in [-0.39, 0.29) is 33.9 Å². The molecule has 0 bridgehead atoms. The molecule has 44 heavy (non-hydrogen) atoms. The van der Waals surface area contributed by atoms with Crippen LogP contribution in [0.15, 0.2) is 87.0 Å². The van der Waals surface area contributed by atoms with Crippen molar-refractivity contribution in [1.29, 1.82) is 0 Å². The van der Waals surface area contributed by atoms with E-state index in [1.54, 1.807) is 24.3 Å². The number of nitrogens with zero attached hydrogens (tertiary/aromatic N) is 8. The lowest BCUT2D eigenvalue weighted by molar-refractivity contribution is 0.452. The van der Waals surface area contributed by atoms with Crippen LogP contribution in [0.4, 0.5) is 5.95 Å². The first-order valence-corrected chi connectivity index (χ1v) is 16.2. The summed E-state index contributed by atoms with van der Waals surface area (Å²) in [5.74, 6) is 0.748. The van der Waals surface area contributed by atoms with Gasteiger partial charge in [-0.3, -0.25) is 0 Å². The molecule has 0 aliphatic heterocycles. The number of tetrazole rings is 1. The normalized spacial score (nSPS) is 12.3. The van der Waals surface area contributed by atoms with Crippen LogP contribution < -0.4 is 4.72 Å². The first-order chi connectivity index (χ1) is 20.9. The van der Waals surface area contributed by atoms with Gasteiger partial charge in [-0.2, -0.15) is 9.10 Å². The summed E-state index contributed by atoms with van der Waals surface area (Å²) in [5.41, 5.74) is 2.93. The average molecular weight is 634 g/mol. The molecule has 1 N–H and O–H groups in total. The molecule has 0 spiro atoms. The number of furan rings is 1. The Hall–Kier alpha value is -4.93. The highest BCUT2D eigenvalue weighted by Gasteiger charge is 2.26. The topological polar surface area (TPSA) is 171 Å². The summed E-state index contributed by atoms with van der Waals surface area (Å²) in [4.78, 5) is 5.89. The quantitative estimate of drug-likeness (QED) is 0.249. The number of nitrogens with one attached hydrogen (secondary N) is 1. The molecule has 3 aromatic carbocycles. The van der Waals surface area contributed by atoms with Crippen LogP contribution in [0, 0.1) is 13.8 Å². The van der Waals surface area contributed by atoms with Gasteiger partial charge in [-0.15, -0.1) is 10.2 Å². The van der Waals surface area contributed by atoms with Crippen molar-refractivity contribution in [2.24, 2.45) is 7.05 Å². The van der Waals surface area contributed by atoms with E-state index in [9.17, 15) is 16.8 Å². The van der Waals surface area contributed by atoms with Crippen molar-refractivity contribution in [3.63, 3.8) is 0 Å². The van der Waals surface area contributed by atoms with E-state index in [2.05, 4.69) is 30.2 Å². The molecular formula is C28H27N9O5S2. The standard InChI is InChI=1S/C28H27N9O5S2/c1-18-9-12-23(15-19(18)2)44(40,41)35(3)17-26-29-27(25-16-20-7-5-6-8-24(20)42-25)31-37(26)21-10-13-22(14-11-21)43(38,39)33-28-30-34-36(4)32-28/h5-16H,17H2,1-4H3,(H,32,33). The number of aryl methyl sites for hydroxylation is 3. The highest BCUT2D eigenvalue weighted by molar-refractivity contribution is 7.92. The number of rotatable bonds is 9. The minimum atomic E-state index is -4.01. The Bertz CT molecular complexity index is 2190. The lowest BCUT2D eigenvalue weighted by Crippen LogP contribution is -2.28. The van der Waals surface area contributed by atoms with Gasteiger partial charge in [0.15, 0.2) is 5.76 Å². The minimum Gasteiger partial charge on any atom is -0.453 e. The summed E-state index contributed by atoms with van der Waals surface area (Å²) in [6.07, 6.45) is 0. The zero-order valence-corrected chi connectivity index (χ0v) is 25.7. The van der Waals surface area contributed by atoms with E-state index in [0.717, 1.165) is 21.3 Å². The number of para-hydroxylation sites is 1. The molecular weight excluding hydrogens is 606 g/mol. The van der Waals surface area contributed by atoms with Crippen LogP contribution in [0.2, 0.25) is 0 Å².